The van der Waals surface area contributed by atoms with E-state index in [4.69, 9.17) is 0 Å². The fourth-order valence-corrected chi connectivity index (χ4v) is 4.47. The molecule has 0 radical (unpaired) electrons. The van der Waals surface area contributed by atoms with Crippen LogP contribution in [0, 0.1) is 0 Å². The molecule has 0 aliphatic heterocycles. The summed E-state index contributed by atoms with van der Waals surface area (Å²) >= 11 is 0. The Bertz CT molecular complexity index is 1740. The number of aromatic nitrogens is 3. The second-order valence-corrected chi connectivity index (χ2v) is 8.45. The maximum Gasteiger partial charge on any atom is 0.313 e. The summed E-state index contributed by atoms with van der Waals surface area (Å²) < 4.78 is 1.79. The van der Waals surface area contributed by atoms with E-state index in [-0.39, 0.29) is 17.3 Å². The van der Waals surface area contributed by atoms with Gasteiger partial charge < -0.3 is 9.67 Å². The first-order chi connectivity index (χ1) is 17.7. The zero-order chi connectivity index (χ0) is 24.5. The van der Waals surface area contributed by atoms with Crippen molar-refractivity contribution < 1.29 is 9.90 Å². The number of H-pyrrole nitrogens is 1. The van der Waals surface area contributed by atoms with Crippen LogP contribution in [0.25, 0.3) is 32.9 Å². The van der Waals surface area contributed by atoms with Gasteiger partial charge in [0.05, 0.1) is 17.8 Å². The van der Waals surface area contributed by atoms with E-state index in [1.54, 1.807) is 10.6 Å². The van der Waals surface area contributed by atoms with Gasteiger partial charge in [-0.2, -0.15) is 5.10 Å². The molecule has 2 heterocycles. The number of nitrogens with one attached hydrogen (secondary N) is 1. The lowest BCUT2D eigenvalue weighted by atomic mass is 10.0. The predicted octanol–water partition coefficient (Wildman–Crippen LogP) is 6.86. The van der Waals surface area contributed by atoms with Crippen LogP contribution in [0.2, 0.25) is 0 Å². The SMILES string of the molecule is O=C(N=Nc1c(O)n(Cc2cccc3ccccc23)c2ccccc12)c1cc(-c2ccccc2)n[nH]1. The second kappa shape index (κ2) is 8.96. The van der Waals surface area contributed by atoms with E-state index in [0.717, 1.165) is 27.4 Å². The van der Waals surface area contributed by atoms with Crippen LogP contribution in [0.1, 0.15) is 16.1 Å². The summed E-state index contributed by atoms with van der Waals surface area (Å²) in [4.78, 5) is 12.7. The van der Waals surface area contributed by atoms with Gasteiger partial charge in [0.2, 0.25) is 5.88 Å². The minimum Gasteiger partial charge on any atom is -0.493 e. The summed E-state index contributed by atoms with van der Waals surface area (Å²) in [7, 11) is 0. The predicted molar refractivity (Wildman–Crippen MR) is 140 cm³/mol. The summed E-state index contributed by atoms with van der Waals surface area (Å²) in [6.07, 6.45) is 0. The molecule has 1 amide bonds. The van der Waals surface area contributed by atoms with Crippen molar-refractivity contribution in [2.45, 2.75) is 6.54 Å². The number of aromatic hydroxyl groups is 1. The summed E-state index contributed by atoms with van der Waals surface area (Å²) in [6.45, 7) is 0.443. The number of carbonyl (C=O) groups is 1. The third-order valence-corrected chi connectivity index (χ3v) is 6.24. The number of carbonyl (C=O) groups excluding carboxylic acids is 1. The molecule has 0 aliphatic carbocycles. The third-order valence-electron chi connectivity index (χ3n) is 6.24. The molecule has 174 valence electrons. The molecule has 4 aromatic carbocycles. The molecular weight excluding hydrogens is 450 g/mol. The van der Waals surface area contributed by atoms with Gasteiger partial charge in [0.25, 0.3) is 0 Å². The Morgan fingerprint density at radius 2 is 1.58 bits per heavy atom. The third kappa shape index (κ3) is 3.82. The van der Waals surface area contributed by atoms with Crippen molar-refractivity contribution in [3.8, 4) is 17.1 Å². The van der Waals surface area contributed by atoms with Crippen LogP contribution >= 0.6 is 0 Å². The van der Waals surface area contributed by atoms with Gasteiger partial charge in [-0.25, -0.2) is 0 Å². The summed E-state index contributed by atoms with van der Waals surface area (Å²) in [6, 6.07) is 33.0. The maximum absolute atomic E-state index is 12.7. The van der Waals surface area contributed by atoms with Crippen molar-refractivity contribution in [3.05, 3.63) is 114 Å². The summed E-state index contributed by atoms with van der Waals surface area (Å²) in [5, 5.41) is 29.1. The van der Waals surface area contributed by atoms with Gasteiger partial charge in [-0.05, 0) is 28.5 Å². The highest BCUT2D eigenvalue weighted by Crippen LogP contribution is 2.39. The van der Waals surface area contributed by atoms with Crippen LogP contribution in [0.5, 0.6) is 5.88 Å². The number of hydrogen-bond acceptors (Lipinski definition) is 4. The number of benzene rings is 4. The van der Waals surface area contributed by atoms with E-state index in [1.165, 1.54) is 0 Å². The average Bonchev–Trinajstić information content (AvgIpc) is 3.52. The molecule has 0 unspecified atom stereocenters. The second-order valence-electron chi connectivity index (χ2n) is 8.45. The Labute approximate surface area is 206 Å². The van der Waals surface area contributed by atoms with Gasteiger partial charge in [0.15, 0.2) is 5.69 Å². The van der Waals surface area contributed by atoms with Crippen molar-refractivity contribution in [1.29, 1.82) is 0 Å². The largest absolute Gasteiger partial charge is 0.493 e. The molecule has 0 saturated heterocycles. The maximum atomic E-state index is 12.7. The zero-order valence-corrected chi connectivity index (χ0v) is 19.2. The Balaban J connectivity index is 1.35. The zero-order valence-electron chi connectivity index (χ0n) is 19.2. The van der Waals surface area contributed by atoms with E-state index >= 15 is 0 Å². The summed E-state index contributed by atoms with van der Waals surface area (Å²) in [5.74, 6) is -0.620. The quantitative estimate of drug-likeness (QED) is 0.269. The molecule has 0 atom stereocenters. The molecule has 0 saturated carbocycles. The van der Waals surface area contributed by atoms with E-state index in [2.05, 4.69) is 38.6 Å². The molecule has 2 N–H and O–H groups in total. The molecule has 0 spiro atoms. The normalized spacial score (nSPS) is 11.6. The fraction of sp³-hybridized carbons (Fsp3) is 0.0345. The Morgan fingerprint density at radius 1 is 0.861 bits per heavy atom. The van der Waals surface area contributed by atoms with Crippen molar-refractivity contribution in [1.82, 2.24) is 14.8 Å². The molecule has 6 aromatic rings. The van der Waals surface area contributed by atoms with E-state index < -0.39 is 5.91 Å². The van der Waals surface area contributed by atoms with Gasteiger partial charge >= 0.3 is 5.91 Å². The lowest BCUT2D eigenvalue weighted by Gasteiger charge is -2.10. The standard InChI is InChI=1S/C29H21N5O2/c35-28(25-17-24(30-31-25)20-10-2-1-3-11-20)33-32-27-23-15-6-7-16-26(23)34(29(27)36)18-21-13-8-12-19-9-4-5-14-22(19)21/h1-17,36H,18H2,(H,30,31). The van der Waals surface area contributed by atoms with Crippen LogP contribution in [-0.2, 0) is 6.54 Å². The minimum absolute atomic E-state index is 0.0460. The molecule has 0 aliphatic rings. The van der Waals surface area contributed by atoms with Crippen molar-refractivity contribution in [2.24, 2.45) is 10.2 Å². The van der Waals surface area contributed by atoms with Gasteiger partial charge in [-0.3, -0.25) is 9.89 Å². The summed E-state index contributed by atoms with van der Waals surface area (Å²) in [5.41, 5.74) is 3.87. The smallest absolute Gasteiger partial charge is 0.313 e. The van der Waals surface area contributed by atoms with Gasteiger partial charge in [-0.1, -0.05) is 91.0 Å². The molecule has 36 heavy (non-hydrogen) atoms. The lowest BCUT2D eigenvalue weighted by Crippen LogP contribution is -1.99. The number of amides is 1. The molecule has 7 nitrogen and oxygen atoms in total. The number of azo groups is 1. The van der Waals surface area contributed by atoms with Crippen LogP contribution in [0.15, 0.2) is 113 Å². The van der Waals surface area contributed by atoms with Crippen LogP contribution in [0.3, 0.4) is 0 Å². The fourth-order valence-electron chi connectivity index (χ4n) is 4.47. The van der Waals surface area contributed by atoms with E-state index in [9.17, 15) is 9.90 Å². The van der Waals surface area contributed by atoms with E-state index in [1.807, 2.05) is 78.9 Å². The first kappa shape index (κ1) is 21.5. The van der Waals surface area contributed by atoms with Crippen molar-refractivity contribution in [2.75, 3.05) is 0 Å². The lowest BCUT2D eigenvalue weighted by molar-refractivity contribution is 0.0990. The van der Waals surface area contributed by atoms with Crippen LogP contribution in [-0.4, -0.2) is 25.8 Å². The molecule has 7 heteroatoms. The van der Waals surface area contributed by atoms with Crippen LogP contribution < -0.4 is 0 Å². The van der Waals surface area contributed by atoms with E-state index in [0.29, 0.717) is 17.6 Å². The molecule has 6 rings (SSSR count). The Kier molecular flexibility index (Phi) is 5.35. The van der Waals surface area contributed by atoms with Gasteiger partial charge in [0, 0.05) is 10.9 Å². The number of aromatic amines is 1. The number of rotatable bonds is 5. The minimum atomic E-state index is -0.574. The first-order valence-electron chi connectivity index (χ1n) is 11.5. The monoisotopic (exact) mass is 471 g/mol. The number of fused-ring (bicyclic) bond motifs is 2. The van der Waals surface area contributed by atoms with Gasteiger partial charge in [-0.15, -0.1) is 10.2 Å². The highest BCUT2D eigenvalue weighted by molar-refractivity contribution is 5.97. The topological polar surface area (TPSA) is 95.6 Å². The van der Waals surface area contributed by atoms with Gasteiger partial charge in [0.1, 0.15) is 5.69 Å². The molecule has 2 aromatic heterocycles. The Hall–Kier alpha value is -5.04. The van der Waals surface area contributed by atoms with Crippen LogP contribution in [0.4, 0.5) is 5.69 Å². The number of hydrogen-bond donors (Lipinski definition) is 2. The molecule has 0 bridgehead atoms. The first-order valence-corrected chi connectivity index (χ1v) is 11.5. The van der Waals surface area contributed by atoms with Crippen molar-refractivity contribution >= 4 is 33.3 Å². The highest BCUT2D eigenvalue weighted by atomic mass is 16.3. The Morgan fingerprint density at radius 3 is 2.44 bits per heavy atom. The molecular formula is C29H21N5O2. The number of para-hydroxylation sites is 1. The highest BCUT2D eigenvalue weighted by Gasteiger charge is 2.18. The molecule has 0 fully saturated rings. The number of nitrogens with zero attached hydrogens (tertiary/aromatic N) is 4. The average molecular weight is 472 g/mol. The van der Waals surface area contributed by atoms with Crippen molar-refractivity contribution in [3.63, 3.8) is 0 Å².